The van der Waals surface area contributed by atoms with E-state index in [9.17, 15) is 9.59 Å². The van der Waals surface area contributed by atoms with Gasteiger partial charge in [-0.05, 0) is 36.8 Å². The molecule has 0 saturated heterocycles. The first-order chi connectivity index (χ1) is 14.0. The van der Waals surface area contributed by atoms with E-state index in [1.807, 2.05) is 41.7 Å². The Morgan fingerprint density at radius 3 is 2.66 bits per heavy atom. The Hall–Kier alpha value is -3.10. The van der Waals surface area contributed by atoms with Crippen LogP contribution in [0.4, 0.5) is 0 Å². The molecular weight excluding hydrogens is 410 g/mol. The van der Waals surface area contributed by atoms with Crippen molar-refractivity contribution in [2.75, 3.05) is 5.75 Å². The second kappa shape index (κ2) is 8.10. The molecule has 2 aromatic carbocycles. The van der Waals surface area contributed by atoms with E-state index >= 15 is 0 Å². The highest BCUT2D eigenvalue weighted by Gasteiger charge is 2.14. The number of aromatic nitrogens is 3. The molecule has 146 valence electrons. The smallest absolute Gasteiger partial charge is 0.271 e. The van der Waals surface area contributed by atoms with E-state index in [0.717, 1.165) is 22.1 Å². The molecular formula is C20H16ClN5O2S. The predicted octanol–water partition coefficient (Wildman–Crippen LogP) is 3.40. The van der Waals surface area contributed by atoms with Crippen LogP contribution < -0.4 is 10.9 Å². The third-order valence-corrected chi connectivity index (χ3v) is 5.60. The second-order valence-corrected chi connectivity index (χ2v) is 7.64. The Labute approximate surface area is 175 Å². The van der Waals surface area contributed by atoms with Gasteiger partial charge in [0.25, 0.3) is 5.91 Å². The molecule has 0 spiro atoms. The number of carbonyl (C=O) groups is 2. The molecule has 29 heavy (non-hydrogen) atoms. The number of benzene rings is 2. The van der Waals surface area contributed by atoms with Crippen molar-refractivity contribution in [3.63, 3.8) is 0 Å². The number of hydrogen-bond acceptors (Lipinski definition) is 5. The fourth-order valence-corrected chi connectivity index (χ4v) is 3.95. The maximum absolute atomic E-state index is 12.2. The van der Waals surface area contributed by atoms with E-state index in [1.165, 1.54) is 11.8 Å². The molecule has 2 heterocycles. The fraction of sp³-hybridized carbons (Fsp3) is 0.100. The van der Waals surface area contributed by atoms with Crippen molar-refractivity contribution in [3.05, 3.63) is 70.7 Å². The number of pyridine rings is 1. The zero-order chi connectivity index (χ0) is 20.4. The van der Waals surface area contributed by atoms with Crippen LogP contribution in [-0.2, 0) is 4.79 Å². The molecule has 0 fully saturated rings. The van der Waals surface area contributed by atoms with Crippen molar-refractivity contribution in [3.8, 4) is 0 Å². The van der Waals surface area contributed by atoms with Crippen LogP contribution in [0.25, 0.3) is 16.6 Å². The number of hydrogen-bond donors (Lipinski definition) is 2. The lowest BCUT2D eigenvalue weighted by molar-refractivity contribution is -0.119. The van der Waals surface area contributed by atoms with Crippen molar-refractivity contribution in [1.29, 1.82) is 0 Å². The quantitative estimate of drug-likeness (QED) is 0.386. The molecule has 0 unspecified atom stereocenters. The minimum atomic E-state index is -0.483. The van der Waals surface area contributed by atoms with Crippen molar-refractivity contribution in [2.45, 2.75) is 12.1 Å². The van der Waals surface area contributed by atoms with Crippen LogP contribution in [0.3, 0.4) is 0 Å². The Balaban J connectivity index is 1.45. The van der Waals surface area contributed by atoms with Gasteiger partial charge in [-0.2, -0.15) is 0 Å². The number of nitrogens with zero attached hydrogens (tertiary/aromatic N) is 3. The number of para-hydroxylation sites is 1. The highest BCUT2D eigenvalue weighted by Crippen LogP contribution is 2.25. The minimum Gasteiger partial charge on any atom is -0.272 e. The van der Waals surface area contributed by atoms with Crippen LogP contribution in [-0.4, -0.2) is 32.2 Å². The first-order valence-electron chi connectivity index (χ1n) is 8.74. The van der Waals surface area contributed by atoms with Crippen LogP contribution in [0.5, 0.6) is 0 Å². The SMILES string of the molecule is Cc1cc2nnc(SCC(=O)NNC(=O)c3ccccc3Cl)n2c2ccccc12. The average Bonchev–Trinajstić information content (AvgIpc) is 3.14. The summed E-state index contributed by atoms with van der Waals surface area (Å²) in [6, 6.07) is 16.5. The van der Waals surface area contributed by atoms with E-state index in [1.54, 1.807) is 24.3 Å². The third-order valence-electron chi connectivity index (χ3n) is 4.34. The molecule has 0 aliphatic rings. The number of halogens is 1. The summed E-state index contributed by atoms with van der Waals surface area (Å²) in [6.45, 7) is 2.03. The normalized spacial score (nSPS) is 11.0. The molecule has 2 amide bonds. The first kappa shape index (κ1) is 19.2. The number of carbonyl (C=O) groups excluding carboxylic acids is 2. The van der Waals surface area contributed by atoms with Crippen LogP contribution >= 0.6 is 23.4 Å². The van der Waals surface area contributed by atoms with Gasteiger partial charge in [0.05, 0.1) is 21.9 Å². The predicted molar refractivity (Wildman–Crippen MR) is 113 cm³/mol. The van der Waals surface area contributed by atoms with Gasteiger partial charge in [-0.25, -0.2) is 0 Å². The summed E-state index contributed by atoms with van der Waals surface area (Å²) in [5.74, 6) is -0.793. The van der Waals surface area contributed by atoms with Gasteiger partial charge in [0, 0.05) is 5.39 Å². The number of nitrogens with one attached hydrogen (secondary N) is 2. The van der Waals surface area contributed by atoms with Gasteiger partial charge in [-0.1, -0.05) is 53.7 Å². The Morgan fingerprint density at radius 2 is 1.83 bits per heavy atom. The number of aryl methyl sites for hydroxylation is 1. The molecule has 4 aromatic rings. The Kier molecular flexibility index (Phi) is 5.37. The van der Waals surface area contributed by atoms with E-state index < -0.39 is 5.91 Å². The summed E-state index contributed by atoms with van der Waals surface area (Å²) in [5, 5.41) is 10.4. The Morgan fingerprint density at radius 1 is 1.07 bits per heavy atom. The molecule has 4 rings (SSSR count). The molecule has 2 aromatic heterocycles. The molecule has 7 nitrogen and oxygen atoms in total. The zero-order valence-corrected chi connectivity index (χ0v) is 16.9. The number of fused-ring (bicyclic) bond motifs is 3. The summed E-state index contributed by atoms with van der Waals surface area (Å²) in [5.41, 5.74) is 7.84. The molecule has 0 saturated carbocycles. The molecule has 0 atom stereocenters. The van der Waals surface area contributed by atoms with Crippen molar-refractivity contribution < 1.29 is 9.59 Å². The molecule has 9 heteroatoms. The van der Waals surface area contributed by atoms with Crippen LogP contribution in [0.15, 0.2) is 59.8 Å². The van der Waals surface area contributed by atoms with Gasteiger partial charge < -0.3 is 0 Å². The van der Waals surface area contributed by atoms with E-state index in [2.05, 4.69) is 21.0 Å². The number of thioether (sulfide) groups is 1. The number of amides is 2. The van der Waals surface area contributed by atoms with E-state index in [0.29, 0.717) is 10.2 Å². The second-order valence-electron chi connectivity index (χ2n) is 6.29. The first-order valence-corrected chi connectivity index (χ1v) is 10.1. The lowest BCUT2D eigenvalue weighted by Gasteiger charge is -2.09. The standard InChI is InChI=1S/C20H16ClN5O2S/c1-12-10-17-22-25-20(26(17)16-9-5-3-6-13(12)16)29-11-18(27)23-24-19(28)14-7-2-4-8-15(14)21/h2-10H,11H2,1H3,(H,23,27)(H,24,28). The number of hydrazine groups is 1. The monoisotopic (exact) mass is 425 g/mol. The molecule has 2 N–H and O–H groups in total. The largest absolute Gasteiger partial charge is 0.272 e. The lowest BCUT2D eigenvalue weighted by Crippen LogP contribution is -2.42. The number of rotatable bonds is 4. The zero-order valence-electron chi connectivity index (χ0n) is 15.3. The van der Waals surface area contributed by atoms with E-state index in [4.69, 9.17) is 11.6 Å². The highest BCUT2D eigenvalue weighted by molar-refractivity contribution is 7.99. The van der Waals surface area contributed by atoms with Gasteiger partial charge in [0.1, 0.15) is 0 Å². The Bertz CT molecular complexity index is 1240. The van der Waals surface area contributed by atoms with Gasteiger partial charge in [0.15, 0.2) is 10.8 Å². The average molecular weight is 426 g/mol. The van der Waals surface area contributed by atoms with Crippen molar-refractivity contribution >= 4 is 51.7 Å². The molecule has 0 aliphatic heterocycles. The van der Waals surface area contributed by atoms with Crippen LogP contribution in [0, 0.1) is 6.92 Å². The maximum atomic E-state index is 12.2. The molecule has 0 aliphatic carbocycles. The van der Waals surface area contributed by atoms with E-state index in [-0.39, 0.29) is 17.2 Å². The lowest BCUT2D eigenvalue weighted by atomic mass is 10.1. The fourth-order valence-electron chi connectivity index (χ4n) is 2.97. The van der Waals surface area contributed by atoms with Gasteiger partial charge in [-0.15, -0.1) is 10.2 Å². The van der Waals surface area contributed by atoms with Gasteiger partial charge >= 0.3 is 0 Å². The summed E-state index contributed by atoms with van der Waals surface area (Å²) in [6.07, 6.45) is 0. The van der Waals surface area contributed by atoms with Crippen LogP contribution in [0.2, 0.25) is 5.02 Å². The van der Waals surface area contributed by atoms with Gasteiger partial charge in [0.2, 0.25) is 5.91 Å². The van der Waals surface area contributed by atoms with Crippen molar-refractivity contribution in [1.82, 2.24) is 25.4 Å². The third kappa shape index (κ3) is 3.90. The summed E-state index contributed by atoms with van der Waals surface area (Å²) in [7, 11) is 0. The maximum Gasteiger partial charge on any atom is 0.271 e. The summed E-state index contributed by atoms with van der Waals surface area (Å²) < 4.78 is 1.92. The molecule has 0 bridgehead atoms. The van der Waals surface area contributed by atoms with Crippen LogP contribution in [0.1, 0.15) is 15.9 Å². The topological polar surface area (TPSA) is 88.4 Å². The van der Waals surface area contributed by atoms with Gasteiger partial charge in [-0.3, -0.25) is 24.8 Å². The minimum absolute atomic E-state index is 0.0613. The van der Waals surface area contributed by atoms with Crippen molar-refractivity contribution in [2.24, 2.45) is 0 Å². The summed E-state index contributed by atoms with van der Waals surface area (Å²) in [4.78, 5) is 24.3. The highest BCUT2D eigenvalue weighted by atomic mass is 35.5. The molecule has 0 radical (unpaired) electrons. The summed E-state index contributed by atoms with van der Waals surface area (Å²) >= 11 is 7.22.